The van der Waals surface area contributed by atoms with Gasteiger partial charge in [-0.3, -0.25) is 4.90 Å². The molecule has 4 atom stereocenters. The molecule has 3 fully saturated rings. The first-order valence-corrected chi connectivity index (χ1v) is 13.5. The summed E-state index contributed by atoms with van der Waals surface area (Å²) in [4.78, 5) is 2.62. The van der Waals surface area contributed by atoms with Gasteiger partial charge in [-0.05, 0) is 55.4 Å². The van der Waals surface area contributed by atoms with Crippen LogP contribution in [0.1, 0.15) is 39.4 Å². The van der Waals surface area contributed by atoms with Crippen LogP contribution in [-0.4, -0.2) is 39.0 Å². The molecule has 4 heterocycles. The zero-order valence-electron chi connectivity index (χ0n) is 17.9. The maximum Gasteiger partial charge on any atom is 0.192 e. The summed E-state index contributed by atoms with van der Waals surface area (Å²) in [6.07, 6.45) is 2.48. The van der Waals surface area contributed by atoms with E-state index < -0.39 is 8.32 Å². The predicted molar refractivity (Wildman–Crippen MR) is 118 cm³/mol. The topological polar surface area (TPSA) is 25.6 Å². The van der Waals surface area contributed by atoms with Crippen LogP contribution in [0.3, 0.4) is 0 Å². The molecule has 1 aromatic carbocycles. The monoisotopic (exact) mass is 395 g/mol. The van der Waals surface area contributed by atoms with Crippen molar-refractivity contribution in [2.45, 2.75) is 57.8 Å². The Balaban J connectivity index is 1.39. The predicted octanol–water partition coefficient (Wildman–Crippen LogP) is 5.52. The highest BCUT2D eigenvalue weighted by Gasteiger charge is 2.42. The van der Waals surface area contributed by atoms with E-state index in [-0.39, 0.29) is 5.04 Å². The van der Waals surface area contributed by atoms with Crippen LogP contribution < -0.4 is 0 Å². The number of para-hydroxylation sites is 1. The van der Waals surface area contributed by atoms with Gasteiger partial charge in [-0.15, -0.1) is 0 Å². The minimum absolute atomic E-state index is 0.274. The Morgan fingerprint density at radius 1 is 1.25 bits per heavy atom. The van der Waals surface area contributed by atoms with E-state index >= 15 is 0 Å². The van der Waals surface area contributed by atoms with Crippen LogP contribution in [0.25, 0.3) is 11.0 Å². The molecule has 0 spiro atoms. The van der Waals surface area contributed by atoms with Crippen LogP contribution in [0.4, 0.5) is 0 Å². The van der Waals surface area contributed by atoms with Crippen molar-refractivity contribution in [3.63, 3.8) is 0 Å². The number of rotatable bonds is 3. The van der Waals surface area contributed by atoms with E-state index in [9.17, 15) is 0 Å². The zero-order valence-corrected chi connectivity index (χ0v) is 18.9. The van der Waals surface area contributed by atoms with E-state index in [2.05, 4.69) is 62.7 Å². The molecule has 2 bridgehead atoms. The second-order valence-electron chi connectivity index (χ2n) is 10.0. The first-order valence-electron chi connectivity index (χ1n) is 10.6. The minimum Gasteiger partial charge on any atom is -0.448 e. The third-order valence-corrected chi connectivity index (χ3v) is 11.6. The lowest BCUT2D eigenvalue weighted by atomic mass is 9.76. The number of furan rings is 1. The Hall–Kier alpha value is -1.54. The Kier molecular flexibility index (Phi) is 5.20. The maximum atomic E-state index is 6.53. The molecule has 3 aliphatic heterocycles. The Morgan fingerprint density at radius 3 is 2.71 bits per heavy atom. The second kappa shape index (κ2) is 7.37. The van der Waals surface area contributed by atoms with Gasteiger partial charge in [0.15, 0.2) is 14.1 Å². The van der Waals surface area contributed by atoms with Gasteiger partial charge in [0, 0.05) is 36.6 Å². The zero-order chi connectivity index (χ0) is 19.9. The van der Waals surface area contributed by atoms with Crippen molar-refractivity contribution in [3.8, 4) is 11.8 Å². The van der Waals surface area contributed by atoms with Crippen LogP contribution in [0.15, 0.2) is 34.7 Å². The second-order valence-corrected chi connectivity index (χ2v) is 14.8. The molecule has 3 saturated heterocycles. The van der Waals surface area contributed by atoms with E-state index in [0.29, 0.717) is 17.9 Å². The summed E-state index contributed by atoms with van der Waals surface area (Å²) in [7, 11) is -1.68. The van der Waals surface area contributed by atoms with Gasteiger partial charge in [-0.2, -0.15) is 0 Å². The van der Waals surface area contributed by atoms with Crippen LogP contribution in [0, 0.1) is 23.7 Å². The number of piperidine rings is 3. The van der Waals surface area contributed by atoms with Gasteiger partial charge in [0.05, 0.1) is 0 Å². The Morgan fingerprint density at radius 2 is 2.04 bits per heavy atom. The number of hydrogen-bond donors (Lipinski definition) is 0. The van der Waals surface area contributed by atoms with Gasteiger partial charge in [-0.1, -0.05) is 44.9 Å². The van der Waals surface area contributed by atoms with E-state index in [1.807, 2.05) is 18.2 Å². The van der Waals surface area contributed by atoms with E-state index in [4.69, 9.17) is 8.84 Å². The molecule has 1 aromatic heterocycles. The first-order chi connectivity index (χ1) is 13.2. The van der Waals surface area contributed by atoms with Crippen LogP contribution in [0.5, 0.6) is 0 Å². The highest BCUT2D eigenvalue weighted by Crippen LogP contribution is 2.39. The summed E-state index contributed by atoms with van der Waals surface area (Å²) in [5.74, 6) is 8.77. The molecule has 0 N–H and O–H groups in total. The van der Waals surface area contributed by atoms with Gasteiger partial charge in [0.2, 0.25) is 0 Å². The van der Waals surface area contributed by atoms with Gasteiger partial charge >= 0.3 is 0 Å². The lowest BCUT2D eigenvalue weighted by molar-refractivity contribution is -0.00121. The average Bonchev–Trinajstić information content (AvgIpc) is 3.07. The van der Waals surface area contributed by atoms with Gasteiger partial charge in [0.1, 0.15) is 5.58 Å². The molecule has 0 saturated carbocycles. The van der Waals surface area contributed by atoms with Crippen LogP contribution >= 0.6 is 0 Å². The molecular weight excluding hydrogens is 362 g/mol. The van der Waals surface area contributed by atoms with Gasteiger partial charge in [0.25, 0.3) is 0 Å². The van der Waals surface area contributed by atoms with Crippen molar-refractivity contribution in [1.82, 2.24) is 4.90 Å². The Bertz CT molecular complexity index is 865. The third-order valence-electron chi connectivity index (χ3n) is 7.13. The fourth-order valence-electron chi connectivity index (χ4n) is 4.20. The van der Waals surface area contributed by atoms with Crippen molar-refractivity contribution < 1.29 is 8.84 Å². The highest BCUT2D eigenvalue weighted by atomic mass is 28.4. The largest absolute Gasteiger partial charge is 0.448 e. The minimum atomic E-state index is -1.68. The quantitative estimate of drug-likeness (QED) is 0.506. The molecule has 3 nitrogen and oxygen atoms in total. The summed E-state index contributed by atoms with van der Waals surface area (Å²) in [5.41, 5.74) is 0.920. The van der Waals surface area contributed by atoms with Crippen molar-refractivity contribution in [2.75, 3.05) is 19.7 Å². The summed E-state index contributed by atoms with van der Waals surface area (Å²) >= 11 is 0. The molecule has 150 valence electrons. The average molecular weight is 396 g/mol. The molecule has 0 amide bonds. The lowest BCUT2D eigenvalue weighted by Crippen LogP contribution is -2.56. The molecule has 0 radical (unpaired) electrons. The smallest absolute Gasteiger partial charge is 0.192 e. The van der Waals surface area contributed by atoms with Crippen LogP contribution in [0.2, 0.25) is 18.1 Å². The van der Waals surface area contributed by atoms with Crippen LogP contribution in [-0.2, 0) is 4.43 Å². The number of benzene rings is 1. The molecule has 3 aliphatic rings. The van der Waals surface area contributed by atoms with Crippen molar-refractivity contribution >= 4 is 19.3 Å². The normalized spacial score (nSPS) is 27.6. The van der Waals surface area contributed by atoms with Gasteiger partial charge in [-0.25, -0.2) is 0 Å². The Labute approximate surface area is 170 Å². The fraction of sp³-hybridized carbons (Fsp3) is 0.583. The SMILES string of the molecule is CC(C)(C)[Si](C)(C)OC[C@@H]1C[C@@H]2CCN1C[C@@H]2C#Cc1cc2ccccc2o1. The molecule has 2 aromatic rings. The summed E-state index contributed by atoms with van der Waals surface area (Å²) in [6.45, 7) is 14.8. The van der Waals surface area contributed by atoms with Crippen molar-refractivity contribution in [2.24, 2.45) is 11.8 Å². The molecule has 1 unspecified atom stereocenters. The number of fused-ring (bicyclic) bond motifs is 4. The molecule has 0 aliphatic carbocycles. The molecule has 28 heavy (non-hydrogen) atoms. The number of hydrogen-bond acceptors (Lipinski definition) is 3. The first kappa shape index (κ1) is 19.8. The fourth-order valence-corrected chi connectivity index (χ4v) is 5.25. The highest BCUT2D eigenvalue weighted by molar-refractivity contribution is 6.74. The standard InChI is InChI=1S/C24H33NO2Si/c1-24(2,3)28(4,5)26-17-21-14-18-12-13-25(21)16-20(18)10-11-22-15-19-8-6-7-9-23(19)27-22/h6-9,15,18,20-21H,12-14,16-17H2,1-5H3/t18-,20-,21-/m0/s1. The maximum absolute atomic E-state index is 6.53. The van der Waals surface area contributed by atoms with E-state index in [1.165, 1.54) is 19.4 Å². The summed E-state index contributed by atoms with van der Waals surface area (Å²) in [6, 6.07) is 10.7. The molecule has 4 heteroatoms. The summed E-state index contributed by atoms with van der Waals surface area (Å²) < 4.78 is 12.4. The van der Waals surface area contributed by atoms with E-state index in [1.54, 1.807) is 0 Å². The molecule has 5 rings (SSSR count). The molecular formula is C24H33NO2Si. The van der Waals surface area contributed by atoms with E-state index in [0.717, 1.165) is 29.9 Å². The number of nitrogens with zero attached hydrogens (tertiary/aromatic N) is 1. The third kappa shape index (κ3) is 3.94. The van der Waals surface area contributed by atoms with Crippen molar-refractivity contribution in [1.29, 1.82) is 0 Å². The lowest BCUT2D eigenvalue weighted by Gasteiger charge is -2.49. The summed E-state index contributed by atoms with van der Waals surface area (Å²) in [5, 5.41) is 1.40. The van der Waals surface area contributed by atoms with Crippen molar-refractivity contribution in [3.05, 3.63) is 36.1 Å². The van der Waals surface area contributed by atoms with Gasteiger partial charge < -0.3 is 8.84 Å².